The fraction of sp³-hybridized carbons (Fsp3) is 0.273. The van der Waals surface area contributed by atoms with Crippen LogP contribution >= 0.6 is 24.2 Å². The molecule has 0 bridgehead atoms. The Labute approximate surface area is 181 Å². The van der Waals surface area contributed by atoms with Gasteiger partial charge in [0.25, 0.3) is 5.91 Å². The van der Waals surface area contributed by atoms with E-state index in [1.807, 2.05) is 29.1 Å². The first-order chi connectivity index (χ1) is 13.8. The van der Waals surface area contributed by atoms with Gasteiger partial charge in [-0.2, -0.15) is 5.10 Å². The number of hydrogen-bond donors (Lipinski definition) is 2. The van der Waals surface area contributed by atoms with Crippen molar-refractivity contribution in [3.05, 3.63) is 78.1 Å². The number of amides is 1. The van der Waals surface area contributed by atoms with E-state index in [-0.39, 0.29) is 18.3 Å². The summed E-state index contributed by atoms with van der Waals surface area (Å²) in [6, 6.07) is 20.7. The largest absolute Gasteiger partial charge is 0.347 e. The molecule has 0 saturated carbocycles. The SMILES string of the molecule is Cl.O=C(NCc1ccc(Sc2ccccc2)cc1)c1ccn(C2CCCNC2)n1. The third-order valence-corrected chi connectivity index (χ3v) is 5.86. The van der Waals surface area contributed by atoms with Crippen LogP contribution in [0.2, 0.25) is 0 Å². The molecule has 2 heterocycles. The van der Waals surface area contributed by atoms with Crippen LogP contribution in [0.5, 0.6) is 0 Å². The first-order valence-corrected chi connectivity index (χ1v) is 10.5. The number of carbonyl (C=O) groups is 1. The Hall–Kier alpha value is -2.28. The van der Waals surface area contributed by atoms with Crippen molar-refractivity contribution in [3.63, 3.8) is 0 Å². The minimum absolute atomic E-state index is 0. The highest BCUT2D eigenvalue weighted by Crippen LogP contribution is 2.27. The van der Waals surface area contributed by atoms with Crippen molar-refractivity contribution in [1.29, 1.82) is 0 Å². The molecule has 29 heavy (non-hydrogen) atoms. The van der Waals surface area contributed by atoms with Gasteiger partial charge in [-0.15, -0.1) is 12.4 Å². The van der Waals surface area contributed by atoms with Crippen molar-refractivity contribution in [1.82, 2.24) is 20.4 Å². The summed E-state index contributed by atoms with van der Waals surface area (Å²) in [4.78, 5) is 14.8. The van der Waals surface area contributed by atoms with Crippen LogP contribution in [-0.4, -0.2) is 28.8 Å². The van der Waals surface area contributed by atoms with Crippen molar-refractivity contribution in [2.45, 2.75) is 35.2 Å². The smallest absolute Gasteiger partial charge is 0.272 e. The zero-order valence-corrected chi connectivity index (χ0v) is 17.7. The van der Waals surface area contributed by atoms with Gasteiger partial charge < -0.3 is 10.6 Å². The first-order valence-electron chi connectivity index (χ1n) is 9.64. The van der Waals surface area contributed by atoms with E-state index in [0.717, 1.165) is 31.5 Å². The first kappa shape index (κ1) is 21.4. The summed E-state index contributed by atoms with van der Waals surface area (Å²) in [6.07, 6.45) is 4.15. The Bertz CT molecular complexity index is 908. The van der Waals surface area contributed by atoms with E-state index >= 15 is 0 Å². The summed E-state index contributed by atoms with van der Waals surface area (Å²) >= 11 is 1.73. The number of nitrogens with one attached hydrogen (secondary N) is 2. The number of benzene rings is 2. The molecule has 0 aliphatic carbocycles. The zero-order chi connectivity index (χ0) is 19.2. The molecule has 0 radical (unpaired) electrons. The van der Waals surface area contributed by atoms with Gasteiger partial charge in [-0.25, -0.2) is 0 Å². The molecule has 1 atom stereocenters. The molecule has 1 saturated heterocycles. The van der Waals surface area contributed by atoms with Crippen molar-refractivity contribution in [2.24, 2.45) is 0 Å². The Balaban J connectivity index is 0.00000240. The van der Waals surface area contributed by atoms with E-state index in [4.69, 9.17) is 0 Å². The molecule has 2 N–H and O–H groups in total. The third kappa shape index (κ3) is 5.85. The fourth-order valence-corrected chi connectivity index (χ4v) is 4.13. The van der Waals surface area contributed by atoms with E-state index < -0.39 is 0 Å². The number of carbonyl (C=O) groups excluding carboxylic acids is 1. The fourth-order valence-electron chi connectivity index (χ4n) is 3.29. The van der Waals surface area contributed by atoms with Crippen molar-refractivity contribution in [2.75, 3.05) is 13.1 Å². The van der Waals surface area contributed by atoms with Crippen LogP contribution in [0.4, 0.5) is 0 Å². The number of nitrogens with zero attached hydrogens (tertiary/aromatic N) is 2. The lowest BCUT2D eigenvalue weighted by Gasteiger charge is -2.22. The molecule has 1 aromatic heterocycles. The Kier molecular flexibility index (Phi) is 7.75. The number of rotatable bonds is 6. The van der Waals surface area contributed by atoms with Crippen molar-refractivity contribution in [3.8, 4) is 0 Å². The van der Waals surface area contributed by atoms with Gasteiger partial charge in [-0.3, -0.25) is 9.48 Å². The molecular formula is C22H25ClN4OS. The Morgan fingerprint density at radius 3 is 2.59 bits per heavy atom. The molecular weight excluding hydrogens is 404 g/mol. The maximum absolute atomic E-state index is 12.4. The Morgan fingerprint density at radius 2 is 1.86 bits per heavy atom. The average Bonchev–Trinajstić information content (AvgIpc) is 3.25. The molecule has 1 fully saturated rings. The maximum Gasteiger partial charge on any atom is 0.272 e. The predicted octanol–water partition coefficient (Wildman–Crippen LogP) is 4.31. The quantitative estimate of drug-likeness (QED) is 0.614. The van der Waals surface area contributed by atoms with Crippen LogP contribution in [0.25, 0.3) is 0 Å². The lowest BCUT2D eigenvalue weighted by atomic mass is 10.1. The summed E-state index contributed by atoms with van der Waals surface area (Å²) in [7, 11) is 0. The highest BCUT2D eigenvalue weighted by Gasteiger charge is 2.17. The lowest BCUT2D eigenvalue weighted by molar-refractivity contribution is 0.0944. The van der Waals surface area contributed by atoms with Crippen molar-refractivity contribution < 1.29 is 4.79 Å². The summed E-state index contributed by atoms with van der Waals surface area (Å²) < 4.78 is 1.91. The molecule has 4 rings (SSSR count). The van der Waals surface area contributed by atoms with Crippen LogP contribution in [-0.2, 0) is 6.54 Å². The molecule has 1 amide bonds. The van der Waals surface area contributed by atoms with Crippen LogP contribution < -0.4 is 10.6 Å². The number of halogens is 1. The number of aromatic nitrogens is 2. The summed E-state index contributed by atoms with van der Waals surface area (Å²) in [5.74, 6) is -0.134. The topological polar surface area (TPSA) is 59.0 Å². The molecule has 2 aromatic carbocycles. The van der Waals surface area contributed by atoms with E-state index in [2.05, 4.69) is 52.1 Å². The minimum atomic E-state index is -0.134. The normalized spacial score (nSPS) is 16.1. The van der Waals surface area contributed by atoms with Gasteiger partial charge in [0, 0.05) is 29.1 Å². The van der Waals surface area contributed by atoms with Crippen LogP contribution in [0.3, 0.4) is 0 Å². The summed E-state index contributed by atoms with van der Waals surface area (Å²) in [5, 5.41) is 10.8. The van der Waals surface area contributed by atoms with Gasteiger partial charge >= 0.3 is 0 Å². The van der Waals surface area contributed by atoms with Gasteiger partial charge in [-0.05, 0) is 55.3 Å². The molecule has 3 aromatic rings. The molecule has 1 aliphatic heterocycles. The molecule has 1 aliphatic rings. The van der Waals surface area contributed by atoms with Gasteiger partial charge in [0.1, 0.15) is 5.69 Å². The van der Waals surface area contributed by atoms with Crippen molar-refractivity contribution >= 4 is 30.1 Å². The average molecular weight is 429 g/mol. The minimum Gasteiger partial charge on any atom is -0.347 e. The van der Waals surface area contributed by atoms with E-state index in [1.54, 1.807) is 17.8 Å². The van der Waals surface area contributed by atoms with E-state index in [9.17, 15) is 4.79 Å². The molecule has 1 unspecified atom stereocenters. The zero-order valence-electron chi connectivity index (χ0n) is 16.1. The molecule has 0 spiro atoms. The highest BCUT2D eigenvalue weighted by molar-refractivity contribution is 7.99. The molecule has 152 valence electrons. The summed E-state index contributed by atoms with van der Waals surface area (Å²) in [6.45, 7) is 2.47. The molecule has 5 nitrogen and oxygen atoms in total. The lowest BCUT2D eigenvalue weighted by Crippen LogP contribution is -2.32. The van der Waals surface area contributed by atoms with Crippen LogP contribution in [0.15, 0.2) is 76.7 Å². The monoisotopic (exact) mass is 428 g/mol. The van der Waals surface area contributed by atoms with Gasteiger partial charge in [0.05, 0.1) is 6.04 Å². The number of hydrogen-bond acceptors (Lipinski definition) is 4. The van der Waals surface area contributed by atoms with E-state index in [0.29, 0.717) is 18.3 Å². The Morgan fingerprint density at radius 1 is 1.10 bits per heavy atom. The van der Waals surface area contributed by atoms with Gasteiger partial charge in [-0.1, -0.05) is 42.1 Å². The van der Waals surface area contributed by atoms with Crippen LogP contribution in [0.1, 0.15) is 34.9 Å². The second-order valence-electron chi connectivity index (χ2n) is 6.92. The maximum atomic E-state index is 12.4. The second-order valence-corrected chi connectivity index (χ2v) is 8.07. The van der Waals surface area contributed by atoms with Crippen LogP contribution in [0, 0.1) is 0 Å². The van der Waals surface area contributed by atoms with Gasteiger partial charge in [0.2, 0.25) is 0 Å². The van der Waals surface area contributed by atoms with E-state index in [1.165, 1.54) is 9.79 Å². The predicted molar refractivity (Wildman–Crippen MR) is 119 cm³/mol. The number of piperidine rings is 1. The molecule has 7 heteroatoms. The second kappa shape index (κ2) is 10.5. The third-order valence-electron chi connectivity index (χ3n) is 4.84. The standard InChI is InChI=1S/C22H24N4OS.ClH/c27-22(21-12-14-26(25-21)18-5-4-13-23-16-18)24-15-17-8-10-20(11-9-17)28-19-6-2-1-3-7-19;/h1-3,6-12,14,18,23H,4-5,13,15-16H2,(H,24,27);1H. The highest BCUT2D eigenvalue weighted by atomic mass is 35.5. The summed E-state index contributed by atoms with van der Waals surface area (Å²) in [5.41, 5.74) is 1.54. The van der Waals surface area contributed by atoms with Gasteiger partial charge in [0.15, 0.2) is 0 Å².